The summed E-state index contributed by atoms with van der Waals surface area (Å²) in [5.74, 6) is 0.152. The highest BCUT2D eigenvalue weighted by Gasteiger charge is 2.14. The van der Waals surface area contributed by atoms with Gasteiger partial charge in [0.2, 0.25) is 0 Å². The Balaban J connectivity index is 2.66. The number of rotatable bonds is 3. The highest BCUT2D eigenvalue weighted by atomic mass is 32.1. The Morgan fingerprint density at radius 3 is 2.53 bits per heavy atom. The quantitative estimate of drug-likeness (QED) is 0.794. The molecule has 0 amide bonds. The Morgan fingerprint density at radius 1 is 1.35 bits per heavy atom. The van der Waals surface area contributed by atoms with E-state index >= 15 is 0 Å². The van der Waals surface area contributed by atoms with E-state index in [0.717, 1.165) is 0 Å². The largest absolute Gasteiger partial charge is 0.508 e. The van der Waals surface area contributed by atoms with Crippen LogP contribution in [-0.2, 0) is 0 Å². The number of hydrogen-bond donors (Lipinski definition) is 2. The molecule has 0 aromatic heterocycles. The van der Waals surface area contributed by atoms with Crippen molar-refractivity contribution < 1.29 is 10.2 Å². The van der Waals surface area contributed by atoms with E-state index in [9.17, 15) is 10.2 Å². The third-order valence-corrected chi connectivity index (χ3v) is 3.09. The van der Waals surface area contributed by atoms with Gasteiger partial charge < -0.3 is 20.0 Å². The van der Waals surface area contributed by atoms with Crippen molar-refractivity contribution in [2.45, 2.75) is 6.10 Å². The fraction of sp³-hybridized carbons (Fsp3) is 0.417. The highest BCUT2D eigenvalue weighted by Crippen LogP contribution is 2.18. The van der Waals surface area contributed by atoms with Gasteiger partial charge in [-0.25, -0.2) is 0 Å². The molecule has 0 aliphatic heterocycles. The van der Waals surface area contributed by atoms with Crippen LogP contribution in [0.1, 0.15) is 11.7 Å². The molecule has 0 aliphatic rings. The number of thiocarbonyl (C=S) groups is 1. The van der Waals surface area contributed by atoms with E-state index in [1.807, 2.05) is 26.0 Å². The van der Waals surface area contributed by atoms with Crippen molar-refractivity contribution >= 4 is 17.3 Å². The summed E-state index contributed by atoms with van der Waals surface area (Å²) in [5, 5.41) is 20.0. The van der Waals surface area contributed by atoms with Crippen molar-refractivity contribution in [3.63, 3.8) is 0 Å². The van der Waals surface area contributed by atoms with Crippen LogP contribution in [0.25, 0.3) is 0 Å². The molecule has 0 saturated heterocycles. The molecule has 2 N–H and O–H groups in total. The average molecular weight is 254 g/mol. The summed E-state index contributed by atoms with van der Waals surface area (Å²) >= 11 is 5.19. The molecule has 0 aliphatic carbocycles. The molecule has 4 nitrogen and oxygen atoms in total. The molecule has 17 heavy (non-hydrogen) atoms. The molecule has 94 valence electrons. The first-order valence-electron chi connectivity index (χ1n) is 5.31. The molecule has 0 spiro atoms. The van der Waals surface area contributed by atoms with E-state index in [0.29, 0.717) is 17.2 Å². The van der Waals surface area contributed by atoms with E-state index in [1.54, 1.807) is 29.2 Å². The van der Waals surface area contributed by atoms with E-state index in [-0.39, 0.29) is 5.75 Å². The zero-order valence-corrected chi connectivity index (χ0v) is 11.1. The molecule has 1 aromatic carbocycles. The number of phenols is 1. The van der Waals surface area contributed by atoms with Gasteiger partial charge in [-0.05, 0) is 29.9 Å². The normalized spacial score (nSPS) is 12.0. The summed E-state index contributed by atoms with van der Waals surface area (Å²) in [6, 6.07) is 6.61. The number of aromatic hydroxyl groups is 1. The SMILES string of the molecule is CN(C)C(=S)N(C)CC(O)c1cccc(O)c1. The van der Waals surface area contributed by atoms with E-state index in [4.69, 9.17) is 12.2 Å². The maximum Gasteiger partial charge on any atom is 0.170 e. The van der Waals surface area contributed by atoms with Gasteiger partial charge in [-0.3, -0.25) is 0 Å². The topological polar surface area (TPSA) is 46.9 Å². The molecule has 0 bridgehead atoms. The number of nitrogens with zero attached hydrogens (tertiary/aromatic N) is 2. The first-order chi connectivity index (χ1) is 7.91. The molecule has 1 unspecified atom stereocenters. The van der Waals surface area contributed by atoms with Crippen molar-refractivity contribution in [3.8, 4) is 5.75 Å². The lowest BCUT2D eigenvalue weighted by Gasteiger charge is -2.27. The minimum Gasteiger partial charge on any atom is -0.508 e. The lowest BCUT2D eigenvalue weighted by Crippen LogP contribution is -2.38. The maximum absolute atomic E-state index is 10.0. The Kier molecular flexibility index (Phi) is 4.72. The maximum atomic E-state index is 10.0. The lowest BCUT2D eigenvalue weighted by molar-refractivity contribution is 0.149. The second-order valence-electron chi connectivity index (χ2n) is 4.17. The molecule has 1 atom stereocenters. The van der Waals surface area contributed by atoms with Crippen LogP contribution in [0.2, 0.25) is 0 Å². The van der Waals surface area contributed by atoms with Crippen molar-refractivity contribution in [2.24, 2.45) is 0 Å². The summed E-state index contributed by atoms with van der Waals surface area (Å²) in [5.41, 5.74) is 0.679. The second-order valence-corrected chi connectivity index (χ2v) is 4.53. The van der Waals surface area contributed by atoms with Crippen LogP contribution in [0, 0.1) is 0 Å². The summed E-state index contributed by atoms with van der Waals surface area (Å²) in [4.78, 5) is 3.61. The van der Waals surface area contributed by atoms with E-state index in [2.05, 4.69) is 0 Å². The summed E-state index contributed by atoms with van der Waals surface area (Å²) in [6.07, 6.45) is -0.676. The number of aliphatic hydroxyl groups excluding tert-OH is 1. The van der Waals surface area contributed by atoms with Crippen molar-refractivity contribution in [2.75, 3.05) is 27.7 Å². The summed E-state index contributed by atoms with van der Waals surface area (Å²) < 4.78 is 0. The number of phenolic OH excluding ortho intramolecular Hbond substituents is 1. The smallest absolute Gasteiger partial charge is 0.170 e. The van der Waals surface area contributed by atoms with Crippen LogP contribution in [0.3, 0.4) is 0 Å². The van der Waals surface area contributed by atoms with Crippen molar-refractivity contribution in [3.05, 3.63) is 29.8 Å². The van der Waals surface area contributed by atoms with Crippen molar-refractivity contribution in [1.82, 2.24) is 9.80 Å². The molecule has 0 fully saturated rings. The summed E-state index contributed by atoms with van der Waals surface area (Å²) in [6.45, 7) is 0.389. The third-order valence-electron chi connectivity index (χ3n) is 2.41. The van der Waals surface area contributed by atoms with Crippen LogP contribution in [0.4, 0.5) is 0 Å². The molecule has 5 heteroatoms. The Hall–Kier alpha value is -1.33. The first-order valence-corrected chi connectivity index (χ1v) is 5.72. The fourth-order valence-electron chi connectivity index (χ4n) is 1.52. The average Bonchev–Trinajstić information content (AvgIpc) is 2.27. The monoisotopic (exact) mass is 254 g/mol. The van der Waals surface area contributed by atoms with Gasteiger partial charge in [0.05, 0.1) is 6.10 Å². The van der Waals surface area contributed by atoms with Gasteiger partial charge in [0.1, 0.15) is 5.75 Å². The number of hydrogen-bond acceptors (Lipinski definition) is 3. The van der Waals surface area contributed by atoms with Gasteiger partial charge >= 0.3 is 0 Å². The molecule has 0 radical (unpaired) electrons. The zero-order valence-electron chi connectivity index (χ0n) is 10.3. The fourth-order valence-corrected chi connectivity index (χ4v) is 1.59. The number of benzene rings is 1. The first kappa shape index (κ1) is 13.7. The van der Waals surface area contributed by atoms with Crippen molar-refractivity contribution in [1.29, 1.82) is 0 Å². The molecular formula is C12H18N2O2S. The Bertz CT molecular complexity index is 396. The Morgan fingerprint density at radius 2 is 2.00 bits per heavy atom. The minimum absolute atomic E-state index is 0.152. The van der Waals surface area contributed by atoms with Gasteiger partial charge in [0.15, 0.2) is 5.11 Å². The minimum atomic E-state index is -0.676. The van der Waals surface area contributed by atoms with Crippen LogP contribution in [0.5, 0.6) is 5.75 Å². The molecule has 1 aromatic rings. The zero-order chi connectivity index (χ0) is 13.0. The van der Waals surface area contributed by atoms with E-state index in [1.165, 1.54) is 0 Å². The van der Waals surface area contributed by atoms with Crippen LogP contribution in [-0.4, -0.2) is 52.8 Å². The Labute approximate surface area is 107 Å². The third kappa shape index (κ3) is 3.87. The van der Waals surface area contributed by atoms with Crippen LogP contribution < -0.4 is 0 Å². The number of likely N-dealkylation sites (N-methyl/N-ethyl adjacent to an activating group) is 1. The van der Waals surface area contributed by atoms with Gasteiger partial charge in [0.25, 0.3) is 0 Å². The van der Waals surface area contributed by atoms with Gasteiger partial charge in [-0.15, -0.1) is 0 Å². The van der Waals surface area contributed by atoms with Crippen LogP contribution >= 0.6 is 12.2 Å². The van der Waals surface area contributed by atoms with Gasteiger partial charge in [0, 0.05) is 27.7 Å². The summed E-state index contributed by atoms with van der Waals surface area (Å²) in [7, 11) is 5.55. The second kappa shape index (κ2) is 5.84. The highest BCUT2D eigenvalue weighted by molar-refractivity contribution is 7.80. The van der Waals surface area contributed by atoms with Gasteiger partial charge in [-0.1, -0.05) is 12.1 Å². The molecule has 0 saturated carbocycles. The molecule has 0 heterocycles. The number of aliphatic hydroxyl groups is 1. The molecule has 1 rings (SSSR count). The van der Waals surface area contributed by atoms with Crippen LogP contribution in [0.15, 0.2) is 24.3 Å². The predicted molar refractivity (Wildman–Crippen MR) is 72.0 cm³/mol. The predicted octanol–water partition coefficient (Wildman–Crippen LogP) is 1.20. The van der Waals surface area contributed by atoms with E-state index < -0.39 is 6.10 Å². The molecular weight excluding hydrogens is 236 g/mol. The standard InChI is InChI=1S/C12H18N2O2S/c1-13(2)12(17)14(3)8-11(16)9-5-4-6-10(15)7-9/h4-7,11,15-16H,8H2,1-3H3. The van der Waals surface area contributed by atoms with Gasteiger partial charge in [-0.2, -0.15) is 0 Å². The lowest BCUT2D eigenvalue weighted by atomic mass is 10.1.